The van der Waals surface area contributed by atoms with Crippen molar-refractivity contribution in [3.05, 3.63) is 35.1 Å². The zero-order chi connectivity index (χ0) is 14.1. The molecule has 0 aliphatic carbocycles. The first-order chi connectivity index (χ1) is 9.17. The monoisotopic (exact) mass is 263 g/mol. The van der Waals surface area contributed by atoms with Crippen LogP contribution in [0.25, 0.3) is 0 Å². The van der Waals surface area contributed by atoms with Gasteiger partial charge in [-0.2, -0.15) is 0 Å². The number of halogens is 1. The summed E-state index contributed by atoms with van der Waals surface area (Å²) in [5, 5.41) is 0. The quantitative estimate of drug-likeness (QED) is 0.800. The highest BCUT2D eigenvalue weighted by Crippen LogP contribution is 2.12. The molecule has 0 saturated carbocycles. The second-order valence-corrected chi connectivity index (χ2v) is 4.72. The standard InChI is InChI=1S/C16H22FNO/c1-3-5-13(2)11-19-12-15-8-7-14(6-4-9-18)10-16(15)17/h7-8,10,13H,3,5,9,11-12,18H2,1-2H3. The highest BCUT2D eigenvalue weighted by atomic mass is 19.1. The molecule has 0 bridgehead atoms. The van der Waals surface area contributed by atoms with Gasteiger partial charge in [0.25, 0.3) is 0 Å². The van der Waals surface area contributed by atoms with E-state index in [-0.39, 0.29) is 12.4 Å². The summed E-state index contributed by atoms with van der Waals surface area (Å²) in [5.74, 6) is 5.76. The van der Waals surface area contributed by atoms with Crippen LogP contribution in [0.5, 0.6) is 0 Å². The Bertz CT molecular complexity index is 448. The van der Waals surface area contributed by atoms with Crippen molar-refractivity contribution in [2.24, 2.45) is 11.7 Å². The van der Waals surface area contributed by atoms with Crippen LogP contribution in [0, 0.1) is 23.6 Å². The van der Waals surface area contributed by atoms with E-state index in [2.05, 4.69) is 25.7 Å². The zero-order valence-corrected chi connectivity index (χ0v) is 11.7. The predicted molar refractivity (Wildman–Crippen MR) is 76.1 cm³/mol. The van der Waals surface area contributed by atoms with Crippen molar-refractivity contribution in [2.75, 3.05) is 13.2 Å². The Kier molecular flexibility index (Phi) is 7.17. The average molecular weight is 263 g/mol. The molecule has 1 atom stereocenters. The lowest BCUT2D eigenvalue weighted by atomic mass is 10.1. The molecule has 2 N–H and O–H groups in total. The lowest BCUT2D eigenvalue weighted by Gasteiger charge is -2.11. The van der Waals surface area contributed by atoms with Gasteiger partial charge in [0.15, 0.2) is 0 Å². The second kappa shape index (κ2) is 8.68. The van der Waals surface area contributed by atoms with E-state index in [1.807, 2.05) is 0 Å². The van der Waals surface area contributed by atoms with Crippen LogP contribution in [0.3, 0.4) is 0 Å². The fourth-order valence-electron chi connectivity index (χ4n) is 1.84. The molecule has 0 aliphatic heterocycles. The van der Waals surface area contributed by atoms with E-state index in [1.165, 1.54) is 6.07 Å². The SMILES string of the molecule is CCCC(C)COCc1ccc(C#CCN)cc1F. The number of nitrogens with two attached hydrogens (primary N) is 1. The van der Waals surface area contributed by atoms with Crippen LogP contribution in [-0.2, 0) is 11.3 Å². The predicted octanol–water partition coefficient (Wildman–Crippen LogP) is 3.09. The summed E-state index contributed by atoms with van der Waals surface area (Å²) in [6.45, 7) is 5.55. The Labute approximate surface area is 115 Å². The van der Waals surface area contributed by atoms with Crippen LogP contribution in [0.2, 0.25) is 0 Å². The van der Waals surface area contributed by atoms with E-state index in [0.717, 1.165) is 12.8 Å². The summed E-state index contributed by atoms with van der Waals surface area (Å²) >= 11 is 0. The fourth-order valence-corrected chi connectivity index (χ4v) is 1.84. The summed E-state index contributed by atoms with van der Waals surface area (Å²) in [4.78, 5) is 0. The minimum Gasteiger partial charge on any atom is -0.376 e. The van der Waals surface area contributed by atoms with Crippen molar-refractivity contribution in [2.45, 2.75) is 33.3 Å². The van der Waals surface area contributed by atoms with E-state index < -0.39 is 0 Å². The summed E-state index contributed by atoms with van der Waals surface area (Å²) in [7, 11) is 0. The van der Waals surface area contributed by atoms with Crippen LogP contribution < -0.4 is 5.73 Å². The van der Waals surface area contributed by atoms with Crippen molar-refractivity contribution in [3.8, 4) is 11.8 Å². The Morgan fingerprint density at radius 3 is 2.84 bits per heavy atom. The van der Waals surface area contributed by atoms with Gasteiger partial charge in [-0.1, -0.05) is 38.2 Å². The number of benzene rings is 1. The second-order valence-electron chi connectivity index (χ2n) is 4.72. The molecule has 0 radical (unpaired) electrons. The molecule has 1 aromatic rings. The van der Waals surface area contributed by atoms with E-state index in [1.54, 1.807) is 12.1 Å². The Morgan fingerprint density at radius 1 is 1.42 bits per heavy atom. The van der Waals surface area contributed by atoms with Crippen molar-refractivity contribution in [1.82, 2.24) is 0 Å². The molecule has 19 heavy (non-hydrogen) atoms. The largest absolute Gasteiger partial charge is 0.376 e. The first kappa shape index (κ1) is 15.7. The lowest BCUT2D eigenvalue weighted by molar-refractivity contribution is 0.0874. The van der Waals surface area contributed by atoms with Gasteiger partial charge >= 0.3 is 0 Å². The van der Waals surface area contributed by atoms with E-state index in [0.29, 0.717) is 30.3 Å². The number of rotatable bonds is 6. The Balaban J connectivity index is 2.51. The number of ether oxygens (including phenoxy) is 1. The number of hydrogen-bond acceptors (Lipinski definition) is 2. The van der Waals surface area contributed by atoms with Crippen LogP contribution in [0.4, 0.5) is 4.39 Å². The molecule has 0 aromatic heterocycles. The molecule has 1 rings (SSSR count). The molecule has 3 heteroatoms. The van der Waals surface area contributed by atoms with Crippen molar-refractivity contribution < 1.29 is 9.13 Å². The molecule has 0 heterocycles. The zero-order valence-electron chi connectivity index (χ0n) is 11.7. The molecule has 1 aromatic carbocycles. The summed E-state index contributed by atoms with van der Waals surface area (Å²) in [6, 6.07) is 4.94. The molecule has 0 spiro atoms. The lowest BCUT2D eigenvalue weighted by Crippen LogP contribution is -2.06. The Morgan fingerprint density at radius 2 is 2.21 bits per heavy atom. The highest BCUT2D eigenvalue weighted by Gasteiger charge is 2.05. The molecule has 0 saturated heterocycles. The van der Waals surface area contributed by atoms with Gasteiger partial charge < -0.3 is 10.5 Å². The molecule has 2 nitrogen and oxygen atoms in total. The summed E-state index contributed by atoms with van der Waals surface area (Å²) < 4.78 is 19.3. The molecule has 104 valence electrons. The van der Waals surface area contributed by atoms with Gasteiger partial charge in [0.2, 0.25) is 0 Å². The van der Waals surface area contributed by atoms with Gasteiger partial charge in [-0.05, 0) is 24.5 Å². The number of hydrogen-bond donors (Lipinski definition) is 1. The summed E-state index contributed by atoms with van der Waals surface area (Å²) in [6.07, 6.45) is 2.28. The molecule has 0 amide bonds. The first-order valence-electron chi connectivity index (χ1n) is 6.72. The smallest absolute Gasteiger partial charge is 0.129 e. The fraction of sp³-hybridized carbons (Fsp3) is 0.500. The van der Waals surface area contributed by atoms with Gasteiger partial charge in [-0.3, -0.25) is 0 Å². The van der Waals surface area contributed by atoms with Gasteiger partial charge in [-0.15, -0.1) is 0 Å². The highest BCUT2D eigenvalue weighted by molar-refractivity contribution is 5.37. The van der Waals surface area contributed by atoms with Crippen LogP contribution >= 0.6 is 0 Å². The summed E-state index contributed by atoms with van der Waals surface area (Å²) in [5.41, 5.74) is 6.49. The minimum atomic E-state index is -0.271. The Hall–Kier alpha value is -1.37. The molecule has 1 unspecified atom stereocenters. The molecular weight excluding hydrogens is 241 g/mol. The van der Waals surface area contributed by atoms with Gasteiger partial charge in [0, 0.05) is 17.7 Å². The maximum Gasteiger partial charge on any atom is 0.129 e. The van der Waals surface area contributed by atoms with Crippen LogP contribution in [0.15, 0.2) is 18.2 Å². The van der Waals surface area contributed by atoms with Crippen molar-refractivity contribution in [1.29, 1.82) is 0 Å². The van der Waals surface area contributed by atoms with Crippen LogP contribution in [-0.4, -0.2) is 13.2 Å². The molecule has 0 fully saturated rings. The minimum absolute atomic E-state index is 0.271. The topological polar surface area (TPSA) is 35.2 Å². The first-order valence-corrected chi connectivity index (χ1v) is 6.72. The maximum atomic E-state index is 13.8. The maximum absolute atomic E-state index is 13.8. The van der Waals surface area contributed by atoms with Gasteiger partial charge in [0.05, 0.1) is 13.2 Å². The average Bonchev–Trinajstić information content (AvgIpc) is 2.39. The van der Waals surface area contributed by atoms with Crippen LogP contribution in [0.1, 0.15) is 37.8 Å². The van der Waals surface area contributed by atoms with E-state index in [4.69, 9.17) is 10.5 Å². The van der Waals surface area contributed by atoms with Crippen molar-refractivity contribution in [3.63, 3.8) is 0 Å². The third-order valence-electron chi connectivity index (χ3n) is 2.83. The van der Waals surface area contributed by atoms with Gasteiger partial charge in [-0.25, -0.2) is 4.39 Å². The van der Waals surface area contributed by atoms with E-state index in [9.17, 15) is 4.39 Å². The normalized spacial score (nSPS) is 11.8. The molecular formula is C16H22FNO. The molecule has 0 aliphatic rings. The van der Waals surface area contributed by atoms with Crippen molar-refractivity contribution >= 4 is 0 Å². The third kappa shape index (κ3) is 5.87. The van der Waals surface area contributed by atoms with Gasteiger partial charge in [0.1, 0.15) is 5.82 Å². The third-order valence-corrected chi connectivity index (χ3v) is 2.83. The van der Waals surface area contributed by atoms with E-state index >= 15 is 0 Å².